The highest BCUT2D eigenvalue weighted by Crippen LogP contribution is 2.31. The topological polar surface area (TPSA) is 125 Å². The van der Waals surface area contributed by atoms with Crippen LogP contribution in [0.4, 0.5) is 10.7 Å². The quantitative estimate of drug-likeness (QED) is 0.347. The zero-order valence-corrected chi connectivity index (χ0v) is 18.5. The molecule has 0 unspecified atom stereocenters. The number of amides is 1. The fraction of sp³-hybridized carbons (Fsp3) is 0.381. The molecule has 0 spiro atoms. The molecule has 1 amide bonds. The number of anilines is 1. The highest BCUT2D eigenvalue weighted by atomic mass is 32.1. The van der Waals surface area contributed by atoms with Gasteiger partial charge in [-0.2, -0.15) is 0 Å². The summed E-state index contributed by atoms with van der Waals surface area (Å²) >= 11 is 1.20. The molecular weight excluding hydrogens is 424 g/mol. The van der Waals surface area contributed by atoms with Crippen molar-refractivity contribution >= 4 is 39.9 Å². The summed E-state index contributed by atoms with van der Waals surface area (Å²) in [5.74, 6) is -1.62. The first-order valence-corrected chi connectivity index (χ1v) is 10.5. The number of benzene rings is 1. The molecule has 0 atom stereocenters. The molecule has 1 aromatic heterocycles. The Bertz CT molecular complexity index is 998. The normalized spacial score (nSPS) is 10.6. The fourth-order valence-corrected chi connectivity index (χ4v) is 3.85. The third-order valence-corrected chi connectivity index (χ3v) is 5.14. The molecule has 0 saturated heterocycles. The third kappa shape index (κ3) is 6.35. The lowest BCUT2D eigenvalue weighted by atomic mass is 10.0. The van der Waals surface area contributed by atoms with E-state index >= 15 is 0 Å². The molecule has 1 heterocycles. The molecule has 0 aliphatic heterocycles. The average Bonchev–Trinajstić information content (AvgIpc) is 3.07. The van der Waals surface area contributed by atoms with E-state index in [1.165, 1.54) is 36.5 Å². The van der Waals surface area contributed by atoms with E-state index in [-0.39, 0.29) is 17.9 Å². The van der Waals surface area contributed by atoms with Gasteiger partial charge in [0.2, 0.25) is 0 Å². The summed E-state index contributed by atoms with van der Waals surface area (Å²) < 4.78 is 10.1. The first-order valence-electron chi connectivity index (χ1n) is 9.63. The molecule has 1 aromatic carbocycles. The number of nitrogens with one attached hydrogen (secondary N) is 1. The lowest BCUT2D eigenvalue weighted by molar-refractivity contribution is -0.385. The first-order chi connectivity index (χ1) is 14.6. The zero-order chi connectivity index (χ0) is 23.1. The van der Waals surface area contributed by atoms with E-state index in [0.717, 1.165) is 5.56 Å². The van der Waals surface area contributed by atoms with Crippen molar-refractivity contribution in [3.8, 4) is 0 Å². The van der Waals surface area contributed by atoms with Crippen LogP contribution in [-0.4, -0.2) is 36.0 Å². The largest absolute Gasteiger partial charge is 0.462 e. The highest BCUT2D eigenvalue weighted by molar-refractivity contribution is 7.15. The van der Waals surface area contributed by atoms with Crippen LogP contribution in [-0.2, 0) is 20.7 Å². The smallest absolute Gasteiger partial charge is 0.341 e. The molecule has 2 rings (SSSR count). The van der Waals surface area contributed by atoms with Gasteiger partial charge >= 0.3 is 11.9 Å². The van der Waals surface area contributed by atoms with Crippen molar-refractivity contribution < 1.29 is 28.8 Å². The van der Waals surface area contributed by atoms with Gasteiger partial charge in [0.25, 0.3) is 11.6 Å². The number of nitro groups is 1. The maximum Gasteiger partial charge on any atom is 0.341 e. The van der Waals surface area contributed by atoms with Crippen molar-refractivity contribution in [2.24, 2.45) is 5.92 Å². The number of aryl methyl sites for hydroxylation is 1. The number of nitrogens with zero attached hydrogens (tertiary/aromatic N) is 1. The second-order valence-electron chi connectivity index (χ2n) is 7.17. The van der Waals surface area contributed by atoms with E-state index in [0.29, 0.717) is 28.5 Å². The van der Waals surface area contributed by atoms with Gasteiger partial charge in [-0.3, -0.25) is 14.9 Å². The lowest BCUT2D eigenvalue weighted by Gasteiger charge is -2.10. The molecule has 10 heteroatoms. The van der Waals surface area contributed by atoms with E-state index in [4.69, 9.17) is 9.47 Å². The molecule has 2 aromatic rings. The summed E-state index contributed by atoms with van der Waals surface area (Å²) in [5.41, 5.74) is 1.38. The summed E-state index contributed by atoms with van der Waals surface area (Å²) in [5, 5.41) is 15.6. The summed E-state index contributed by atoms with van der Waals surface area (Å²) in [6.45, 7) is 6.87. The molecule has 0 bridgehead atoms. The molecule has 0 fully saturated rings. The Hall–Kier alpha value is -3.27. The molecular formula is C21H24N2O7S. The summed E-state index contributed by atoms with van der Waals surface area (Å²) in [7, 11) is 0. The van der Waals surface area contributed by atoms with Gasteiger partial charge in [-0.1, -0.05) is 13.8 Å². The van der Waals surface area contributed by atoms with Crippen LogP contribution in [0.1, 0.15) is 52.6 Å². The van der Waals surface area contributed by atoms with Gasteiger partial charge in [-0.05, 0) is 49.3 Å². The van der Waals surface area contributed by atoms with Crippen LogP contribution in [0.3, 0.4) is 0 Å². The lowest BCUT2D eigenvalue weighted by Crippen LogP contribution is -2.22. The van der Waals surface area contributed by atoms with Crippen molar-refractivity contribution in [2.75, 3.05) is 18.5 Å². The van der Waals surface area contributed by atoms with Gasteiger partial charge < -0.3 is 14.8 Å². The molecule has 0 radical (unpaired) electrons. The molecule has 31 heavy (non-hydrogen) atoms. The Kier molecular flexibility index (Phi) is 8.26. The number of hydrogen-bond acceptors (Lipinski definition) is 8. The molecule has 1 N–H and O–H groups in total. The second kappa shape index (κ2) is 10.7. The van der Waals surface area contributed by atoms with E-state index < -0.39 is 29.4 Å². The molecule has 9 nitrogen and oxygen atoms in total. The van der Waals surface area contributed by atoms with Gasteiger partial charge in [-0.15, -0.1) is 11.3 Å². The maximum absolute atomic E-state index is 12.4. The Morgan fingerprint density at radius 1 is 1.19 bits per heavy atom. The second-order valence-corrected chi connectivity index (χ2v) is 8.05. The first kappa shape index (κ1) is 24.0. The molecule has 0 saturated carbocycles. The summed E-state index contributed by atoms with van der Waals surface area (Å²) in [6.07, 6.45) is 0.648. The zero-order valence-electron chi connectivity index (χ0n) is 17.7. The number of carbonyl (C=O) groups is 3. The van der Waals surface area contributed by atoms with Gasteiger partial charge in [-0.25, -0.2) is 9.59 Å². The minimum Gasteiger partial charge on any atom is -0.462 e. The van der Waals surface area contributed by atoms with Crippen LogP contribution >= 0.6 is 11.3 Å². The number of thiophene rings is 1. The van der Waals surface area contributed by atoms with Crippen LogP contribution in [0.2, 0.25) is 0 Å². The third-order valence-electron chi connectivity index (χ3n) is 4.19. The number of nitro benzene ring substituents is 1. The van der Waals surface area contributed by atoms with Crippen LogP contribution in [0, 0.1) is 23.0 Å². The van der Waals surface area contributed by atoms with Crippen molar-refractivity contribution in [3.63, 3.8) is 0 Å². The van der Waals surface area contributed by atoms with E-state index in [9.17, 15) is 24.5 Å². The van der Waals surface area contributed by atoms with Crippen LogP contribution < -0.4 is 5.32 Å². The number of esters is 2. The predicted molar refractivity (Wildman–Crippen MR) is 116 cm³/mol. The van der Waals surface area contributed by atoms with Crippen LogP contribution in [0.15, 0.2) is 23.6 Å². The number of ether oxygens (including phenoxy) is 2. The number of hydrogen-bond donors (Lipinski definition) is 1. The SMILES string of the molecule is CCOC(=O)c1c(CC(C)C)csc1NC(=O)COC(=O)c1ccc([N+](=O)[O-])c(C)c1. The van der Waals surface area contributed by atoms with E-state index in [2.05, 4.69) is 5.32 Å². The molecule has 166 valence electrons. The Morgan fingerprint density at radius 2 is 1.90 bits per heavy atom. The van der Waals surface area contributed by atoms with Crippen molar-refractivity contribution in [1.82, 2.24) is 0 Å². The molecule has 0 aliphatic rings. The number of carbonyl (C=O) groups excluding carboxylic acids is 3. The minimum atomic E-state index is -0.787. The van der Waals surface area contributed by atoms with Crippen LogP contribution in [0.25, 0.3) is 0 Å². The van der Waals surface area contributed by atoms with Gasteiger partial charge in [0.15, 0.2) is 6.61 Å². The van der Waals surface area contributed by atoms with Gasteiger partial charge in [0.1, 0.15) is 5.00 Å². The molecule has 0 aliphatic carbocycles. The monoisotopic (exact) mass is 448 g/mol. The highest BCUT2D eigenvalue weighted by Gasteiger charge is 2.23. The Balaban J connectivity index is 2.06. The maximum atomic E-state index is 12.4. The number of rotatable bonds is 9. The van der Waals surface area contributed by atoms with E-state index in [1.807, 2.05) is 13.8 Å². The predicted octanol–water partition coefficient (Wildman–Crippen LogP) is 4.14. The summed E-state index contributed by atoms with van der Waals surface area (Å²) in [6, 6.07) is 3.80. The fourth-order valence-electron chi connectivity index (χ4n) is 2.87. The van der Waals surface area contributed by atoms with Gasteiger partial charge in [0.05, 0.1) is 22.7 Å². The van der Waals surface area contributed by atoms with Crippen molar-refractivity contribution in [1.29, 1.82) is 0 Å². The van der Waals surface area contributed by atoms with Crippen molar-refractivity contribution in [2.45, 2.75) is 34.1 Å². The van der Waals surface area contributed by atoms with Crippen LogP contribution in [0.5, 0.6) is 0 Å². The van der Waals surface area contributed by atoms with Crippen molar-refractivity contribution in [3.05, 3.63) is 55.9 Å². The Morgan fingerprint density at radius 3 is 2.48 bits per heavy atom. The minimum absolute atomic E-state index is 0.0958. The van der Waals surface area contributed by atoms with Gasteiger partial charge in [0, 0.05) is 11.6 Å². The average molecular weight is 448 g/mol. The standard InChI is InChI=1S/C21H24N2O7S/c1-5-29-21(26)18-15(8-12(2)3)11-31-19(18)22-17(24)10-30-20(25)14-6-7-16(23(27)28)13(4)9-14/h6-7,9,11-12H,5,8,10H2,1-4H3,(H,22,24). The summed E-state index contributed by atoms with van der Waals surface area (Å²) in [4.78, 5) is 47.2. The Labute approximate surface area is 183 Å². The van der Waals surface area contributed by atoms with E-state index in [1.54, 1.807) is 12.3 Å².